The van der Waals surface area contributed by atoms with Gasteiger partial charge < -0.3 is 5.32 Å². The molecule has 2 N–H and O–H groups in total. The third-order valence-electron chi connectivity index (χ3n) is 4.39. The van der Waals surface area contributed by atoms with E-state index in [1.54, 1.807) is 42.5 Å². The van der Waals surface area contributed by atoms with Crippen molar-refractivity contribution < 1.29 is 9.18 Å². The highest BCUT2D eigenvalue weighted by Crippen LogP contribution is 2.19. The second kappa shape index (κ2) is 8.50. The number of carbonyl (C=O) groups is 1. The van der Waals surface area contributed by atoms with Crippen molar-refractivity contribution in [1.29, 1.82) is 0 Å². The van der Waals surface area contributed by atoms with E-state index in [4.69, 9.17) is 0 Å². The summed E-state index contributed by atoms with van der Waals surface area (Å²) in [5.74, 6) is -0.113. The molecule has 9 heteroatoms. The maximum Gasteiger partial charge on any atom is 0.262 e. The molecule has 2 heterocycles. The third kappa shape index (κ3) is 4.41. The van der Waals surface area contributed by atoms with Gasteiger partial charge in [0.1, 0.15) is 5.82 Å². The quantitative estimate of drug-likeness (QED) is 0.367. The fraction of sp³-hybridized carbons (Fsp3) is 0.143. The molecule has 0 unspecified atom stereocenters. The lowest BCUT2D eigenvalue weighted by Gasteiger charge is -2.13. The number of para-hydroxylation sites is 1. The molecule has 4 aromatic rings. The number of H-pyrrole nitrogens is 1. The highest BCUT2D eigenvalue weighted by Gasteiger charge is 2.14. The number of carbonyl (C=O) groups excluding carboxylic acids is 1. The number of anilines is 1. The zero-order valence-electron chi connectivity index (χ0n) is 16.1. The summed E-state index contributed by atoms with van der Waals surface area (Å²) in [6.07, 6.45) is 0. The van der Waals surface area contributed by atoms with Crippen molar-refractivity contribution in [3.05, 3.63) is 82.0 Å². The van der Waals surface area contributed by atoms with Gasteiger partial charge in [0, 0.05) is 11.8 Å². The summed E-state index contributed by atoms with van der Waals surface area (Å²) < 4.78 is 14.8. The number of nitrogens with zero attached hydrogens (tertiary/aromatic N) is 3. The molecule has 1 amide bonds. The van der Waals surface area contributed by atoms with Crippen LogP contribution in [0.2, 0.25) is 0 Å². The molecule has 2 aromatic heterocycles. The molecule has 0 aliphatic heterocycles. The van der Waals surface area contributed by atoms with E-state index >= 15 is 0 Å². The van der Waals surface area contributed by atoms with Crippen LogP contribution in [0.3, 0.4) is 0 Å². The van der Waals surface area contributed by atoms with Crippen LogP contribution in [0.4, 0.5) is 10.2 Å². The standard InChI is InChI=1S/C21H18FN5O2S/c1-13-10-18(26-25-13)24-19(28)12-30-21-23-17-5-3-2-4-16(17)20(29)27(21)11-14-6-8-15(22)9-7-14/h2-10H,11-12H2,1H3,(H2,24,25,26,28). The number of thioether (sulfide) groups is 1. The molecular formula is C21H18FN5O2S. The minimum Gasteiger partial charge on any atom is -0.308 e. The van der Waals surface area contributed by atoms with E-state index in [-0.39, 0.29) is 29.6 Å². The van der Waals surface area contributed by atoms with E-state index in [0.29, 0.717) is 21.9 Å². The van der Waals surface area contributed by atoms with Crippen LogP contribution in [-0.4, -0.2) is 31.4 Å². The monoisotopic (exact) mass is 423 g/mol. The summed E-state index contributed by atoms with van der Waals surface area (Å²) in [4.78, 5) is 30.0. The molecule has 4 rings (SSSR count). The fourth-order valence-electron chi connectivity index (χ4n) is 2.96. The molecule has 0 aliphatic carbocycles. The normalized spacial score (nSPS) is 11.0. The van der Waals surface area contributed by atoms with Crippen molar-refractivity contribution in [2.45, 2.75) is 18.6 Å². The number of benzene rings is 2. The Bertz CT molecular complexity index is 1270. The lowest BCUT2D eigenvalue weighted by atomic mass is 10.2. The van der Waals surface area contributed by atoms with E-state index in [9.17, 15) is 14.0 Å². The molecule has 152 valence electrons. The SMILES string of the molecule is Cc1cc(NC(=O)CSc2nc3ccccc3c(=O)n2Cc2ccc(F)cc2)n[nH]1. The summed E-state index contributed by atoms with van der Waals surface area (Å²) in [6.45, 7) is 2.06. The summed E-state index contributed by atoms with van der Waals surface area (Å²) in [5, 5.41) is 10.3. The maximum atomic E-state index is 13.2. The van der Waals surface area contributed by atoms with E-state index in [2.05, 4.69) is 20.5 Å². The maximum absolute atomic E-state index is 13.2. The number of aryl methyl sites for hydroxylation is 1. The molecule has 0 aliphatic rings. The van der Waals surface area contributed by atoms with Crippen LogP contribution in [0.25, 0.3) is 10.9 Å². The zero-order valence-corrected chi connectivity index (χ0v) is 16.9. The lowest BCUT2D eigenvalue weighted by Crippen LogP contribution is -2.25. The van der Waals surface area contributed by atoms with Crippen LogP contribution in [0.1, 0.15) is 11.3 Å². The van der Waals surface area contributed by atoms with E-state index in [0.717, 1.165) is 23.0 Å². The second-order valence-corrected chi connectivity index (χ2v) is 7.64. The number of aromatic amines is 1. The van der Waals surface area contributed by atoms with Gasteiger partial charge in [0.15, 0.2) is 11.0 Å². The van der Waals surface area contributed by atoms with Crippen molar-refractivity contribution in [2.75, 3.05) is 11.1 Å². The summed E-state index contributed by atoms with van der Waals surface area (Å²) in [5.41, 5.74) is 1.94. The van der Waals surface area contributed by atoms with Gasteiger partial charge in [-0.3, -0.25) is 19.3 Å². The van der Waals surface area contributed by atoms with Gasteiger partial charge in [0.25, 0.3) is 5.56 Å². The molecule has 0 bridgehead atoms. The number of hydrogen-bond donors (Lipinski definition) is 2. The molecule has 0 saturated carbocycles. The second-order valence-electron chi connectivity index (χ2n) is 6.70. The van der Waals surface area contributed by atoms with Crippen molar-refractivity contribution in [3.63, 3.8) is 0 Å². The number of rotatable bonds is 6. The molecule has 0 fully saturated rings. The number of halogens is 1. The van der Waals surface area contributed by atoms with Crippen LogP contribution in [0.15, 0.2) is 64.5 Å². The molecule has 0 atom stereocenters. The molecule has 7 nitrogen and oxygen atoms in total. The fourth-order valence-corrected chi connectivity index (χ4v) is 3.76. The Morgan fingerprint density at radius 2 is 1.97 bits per heavy atom. The highest BCUT2D eigenvalue weighted by molar-refractivity contribution is 7.99. The van der Waals surface area contributed by atoms with Crippen molar-refractivity contribution in [1.82, 2.24) is 19.7 Å². The zero-order chi connectivity index (χ0) is 21.1. The Labute approximate surface area is 175 Å². The Hall–Kier alpha value is -3.46. The first-order valence-corrected chi connectivity index (χ1v) is 10.2. The number of hydrogen-bond acceptors (Lipinski definition) is 5. The lowest BCUT2D eigenvalue weighted by molar-refractivity contribution is -0.113. The minimum atomic E-state index is -0.345. The largest absolute Gasteiger partial charge is 0.308 e. The summed E-state index contributed by atoms with van der Waals surface area (Å²) >= 11 is 1.16. The van der Waals surface area contributed by atoms with Crippen molar-refractivity contribution in [3.8, 4) is 0 Å². The predicted molar refractivity (Wildman–Crippen MR) is 114 cm³/mol. The first-order chi connectivity index (χ1) is 14.5. The Balaban J connectivity index is 1.62. The predicted octanol–water partition coefficient (Wildman–Crippen LogP) is 3.35. The van der Waals surface area contributed by atoms with Gasteiger partial charge >= 0.3 is 0 Å². The first-order valence-electron chi connectivity index (χ1n) is 9.18. The number of fused-ring (bicyclic) bond motifs is 1. The van der Waals surface area contributed by atoms with Gasteiger partial charge in [0.2, 0.25) is 5.91 Å². The number of aromatic nitrogens is 4. The smallest absolute Gasteiger partial charge is 0.262 e. The molecular weight excluding hydrogens is 405 g/mol. The molecule has 30 heavy (non-hydrogen) atoms. The molecule has 0 radical (unpaired) electrons. The highest BCUT2D eigenvalue weighted by atomic mass is 32.2. The average Bonchev–Trinajstić information content (AvgIpc) is 3.15. The minimum absolute atomic E-state index is 0.0557. The molecule has 2 aromatic carbocycles. The van der Waals surface area contributed by atoms with Crippen molar-refractivity contribution in [2.24, 2.45) is 0 Å². The van der Waals surface area contributed by atoms with Gasteiger partial charge in [-0.2, -0.15) is 5.10 Å². The third-order valence-corrected chi connectivity index (χ3v) is 5.36. The molecule has 0 spiro atoms. The van der Waals surface area contributed by atoms with Crippen molar-refractivity contribution >= 4 is 34.4 Å². The summed E-state index contributed by atoms with van der Waals surface area (Å²) in [6, 6.07) is 14.7. The number of amides is 1. The van der Waals surface area contributed by atoms with Crippen LogP contribution in [0, 0.1) is 12.7 Å². The first kappa shape index (κ1) is 19.8. The topological polar surface area (TPSA) is 92.7 Å². The van der Waals surface area contributed by atoms with Gasteiger partial charge in [-0.15, -0.1) is 0 Å². The van der Waals surface area contributed by atoms with Crippen LogP contribution in [0.5, 0.6) is 0 Å². The van der Waals surface area contributed by atoms with Gasteiger partial charge in [-0.05, 0) is 36.8 Å². The van der Waals surface area contributed by atoms with E-state index in [1.165, 1.54) is 16.7 Å². The summed E-state index contributed by atoms with van der Waals surface area (Å²) in [7, 11) is 0. The van der Waals surface area contributed by atoms with Gasteiger partial charge in [-0.1, -0.05) is 36.0 Å². The van der Waals surface area contributed by atoms with Crippen LogP contribution >= 0.6 is 11.8 Å². The van der Waals surface area contributed by atoms with Gasteiger partial charge in [0.05, 0.1) is 23.2 Å². The van der Waals surface area contributed by atoms with Crippen LogP contribution < -0.4 is 10.9 Å². The Morgan fingerprint density at radius 1 is 1.20 bits per heavy atom. The molecule has 0 saturated heterocycles. The Kier molecular flexibility index (Phi) is 5.62. The Morgan fingerprint density at radius 3 is 2.70 bits per heavy atom. The number of nitrogens with one attached hydrogen (secondary N) is 2. The van der Waals surface area contributed by atoms with E-state index in [1.807, 2.05) is 6.92 Å². The van der Waals surface area contributed by atoms with Gasteiger partial charge in [-0.25, -0.2) is 9.37 Å². The van der Waals surface area contributed by atoms with E-state index < -0.39 is 0 Å². The average molecular weight is 423 g/mol. The van der Waals surface area contributed by atoms with Crippen LogP contribution in [-0.2, 0) is 11.3 Å².